The second-order valence-electron chi connectivity index (χ2n) is 4.10. The molecule has 0 radical (unpaired) electrons. The molecule has 0 aliphatic heterocycles. The third kappa shape index (κ3) is 3.66. The molecule has 3 heteroatoms. The lowest BCUT2D eigenvalue weighted by molar-refractivity contribution is -0.148. The van der Waals surface area contributed by atoms with Gasteiger partial charge in [0.1, 0.15) is 12.6 Å². The van der Waals surface area contributed by atoms with Gasteiger partial charge in [-0.25, -0.2) is 0 Å². The molecule has 0 heterocycles. The second kappa shape index (κ2) is 6.28. The minimum absolute atomic E-state index is 0.193. The van der Waals surface area contributed by atoms with E-state index in [1.807, 2.05) is 44.2 Å². The van der Waals surface area contributed by atoms with Gasteiger partial charge in [0.2, 0.25) is 0 Å². The first kappa shape index (κ1) is 12.7. The van der Waals surface area contributed by atoms with Crippen LogP contribution in [0.5, 0.6) is 0 Å². The summed E-state index contributed by atoms with van der Waals surface area (Å²) in [5, 5.41) is 2.96. The average Bonchev–Trinajstić information content (AvgIpc) is 2.28. The molecular weight excluding hydrogens is 202 g/mol. The van der Waals surface area contributed by atoms with Crippen LogP contribution < -0.4 is 5.32 Å². The highest BCUT2D eigenvalue weighted by Gasteiger charge is 2.21. The Hall–Kier alpha value is -1.35. The lowest BCUT2D eigenvalue weighted by Crippen LogP contribution is -2.39. The predicted molar refractivity (Wildman–Crippen MR) is 63.9 cm³/mol. The van der Waals surface area contributed by atoms with Gasteiger partial charge in [-0.2, -0.15) is 0 Å². The van der Waals surface area contributed by atoms with Crippen molar-refractivity contribution in [1.29, 1.82) is 0 Å². The number of benzene rings is 1. The number of hydrogen-bond donors (Lipinski definition) is 1. The fourth-order valence-electron chi connectivity index (χ4n) is 1.54. The summed E-state index contributed by atoms with van der Waals surface area (Å²) in [4.78, 5) is 11.7. The van der Waals surface area contributed by atoms with Crippen LogP contribution in [0.3, 0.4) is 0 Å². The first-order valence-corrected chi connectivity index (χ1v) is 5.53. The zero-order valence-corrected chi connectivity index (χ0v) is 10.1. The lowest BCUT2D eigenvalue weighted by atomic mass is 10.1. The Kier molecular flexibility index (Phi) is 4.99. The van der Waals surface area contributed by atoms with Crippen molar-refractivity contribution in [2.24, 2.45) is 5.92 Å². The maximum atomic E-state index is 11.7. The topological polar surface area (TPSA) is 38.3 Å². The van der Waals surface area contributed by atoms with Crippen molar-refractivity contribution in [2.75, 3.05) is 7.05 Å². The molecule has 0 saturated carbocycles. The van der Waals surface area contributed by atoms with Gasteiger partial charge in [0.15, 0.2) is 0 Å². The van der Waals surface area contributed by atoms with Gasteiger partial charge in [-0.05, 0) is 18.5 Å². The summed E-state index contributed by atoms with van der Waals surface area (Å²) in [5.74, 6) is 0.0367. The molecule has 0 aliphatic rings. The van der Waals surface area contributed by atoms with Crippen LogP contribution >= 0.6 is 0 Å². The van der Waals surface area contributed by atoms with Crippen molar-refractivity contribution in [3.8, 4) is 0 Å². The Morgan fingerprint density at radius 2 is 1.94 bits per heavy atom. The van der Waals surface area contributed by atoms with Crippen LogP contribution in [0, 0.1) is 5.92 Å². The van der Waals surface area contributed by atoms with Crippen molar-refractivity contribution in [3.63, 3.8) is 0 Å². The minimum atomic E-state index is -0.233. The molecule has 1 atom stereocenters. The summed E-state index contributed by atoms with van der Waals surface area (Å²) in [6, 6.07) is 9.45. The van der Waals surface area contributed by atoms with E-state index in [9.17, 15) is 4.79 Å². The molecule has 16 heavy (non-hydrogen) atoms. The number of esters is 1. The van der Waals surface area contributed by atoms with E-state index >= 15 is 0 Å². The first-order chi connectivity index (χ1) is 7.65. The van der Waals surface area contributed by atoms with E-state index in [4.69, 9.17) is 4.74 Å². The number of rotatable bonds is 5. The van der Waals surface area contributed by atoms with Crippen molar-refractivity contribution in [2.45, 2.75) is 26.5 Å². The zero-order chi connectivity index (χ0) is 12.0. The van der Waals surface area contributed by atoms with Gasteiger partial charge in [-0.1, -0.05) is 44.2 Å². The lowest BCUT2D eigenvalue weighted by Gasteiger charge is -2.18. The maximum absolute atomic E-state index is 11.7. The molecule has 88 valence electrons. The van der Waals surface area contributed by atoms with Crippen molar-refractivity contribution >= 4 is 5.97 Å². The van der Waals surface area contributed by atoms with E-state index in [1.54, 1.807) is 7.05 Å². The average molecular weight is 221 g/mol. The SMILES string of the molecule is CNC(C(=O)OCc1ccccc1)C(C)C. The number of likely N-dealkylation sites (N-methyl/N-ethyl adjacent to an activating group) is 1. The van der Waals surface area contributed by atoms with E-state index in [1.165, 1.54) is 0 Å². The molecule has 0 amide bonds. The molecule has 0 bridgehead atoms. The van der Waals surface area contributed by atoms with Crippen LogP contribution in [-0.2, 0) is 16.1 Å². The number of carbonyl (C=O) groups is 1. The molecule has 1 N–H and O–H groups in total. The molecule has 1 aromatic rings. The van der Waals surface area contributed by atoms with E-state index in [2.05, 4.69) is 5.32 Å². The number of hydrogen-bond acceptors (Lipinski definition) is 3. The Balaban J connectivity index is 2.46. The van der Waals surface area contributed by atoms with Crippen molar-refractivity contribution < 1.29 is 9.53 Å². The summed E-state index contributed by atoms with van der Waals surface area (Å²) in [5.41, 5.74) is 1.01. The van der Waals surface area contributed by atoms with E-state index in [-0.39, 0.29) is 17.9 Å². The van der Waals surface area contributed by atoms with Crippen LogP contribution in [0.1, 0.15) is 19.4 Å². The Bertz CT molecular complexity index is 322. The molecule has 0 aromatic heterocycles. The minimum Gasteiger partial charge on any atom is -0.460 e. The molecule has 3 nitrogen and oxygen atoms in total. The third-order valence-corrected chi connectivity index (χ3v) is 2.46. The van der Waals surface area contributed by atoms with Crippen LogP contribution in [-0.4, -0.2) is 19.1 Å². The van der Waals surface area contributed by atoms with Crippen LogP contribution in [0.25, 0.3) is 0 Å². The van der Waals surface area contributed by atoms with Gasteiger partial charge in [-0.3, -0.25) is 4.79 Å². The molecule has 0 aliphatic carbocycles. The molecule has 1 unspecified atom stereocenters. The van der Waals surface area contributed by atoms with Gasteiger partial charge in [0.05, 0.1) is 0 Å². The first-order valence-electron chi connectivity index (χ1n) is 5.53. The van der Waals surface area contributed by atoms with E-state index < -0.39 is 0 Å². The Morgan fingerprint density at radius 3 is 2.44 bits per heavy atom. The molecule has 0 fully saturated rings. The Labute approximate surface area is 96.8 Å². The van der Waals surface area contributed by atoms with Crippen molar-refractivity contribution in [1.82, 2.24) is 5.32 Å². The quantitative estimate of drug-likeness (QED) is 0.773. The Morgan fingerprint density at radius 1 is 1.31 bits per heavy atom. The molecule has 1 rings (SSSR count). The predicted octanol–water partition coefficient (Wildman–Crippen LogP) is 1.97. The summed E-state index contributed by atoms with van der Waals surface area (Å²) in [6.07, 6.45) is 0. The van der Waals surface area contributed by atoms with Crippen LogP contribution in [0.4, 0.5) is 0 Å². The van der Waals surface area contributed by atoms with Crippen molar-refractivity contribution in [3.05, 3.63) is 35.9 Å². The maximum Gasteiger partial charge on any atom is 0.323 e. The summed E-state index contributed by atoms with van der Waals surface area (Å²) in [6.45, 7) is 4.32. The third-order valence-electron chi connectivity index (χ3n) is 2.46. The highest BCUT2D eigenvalue weighted by molar-refractivity contribution is 5.76. The molecular formula is C13H19NO2. The number of nitrogens with one attached hydrogen (secondary N) is 1. The van der Waals surface area contributed by atoms with Crippen LogP contribution in [0.2, 0.25) is 0 Å². The number of ether oxygens (including phenoxy) is 1. The largest absolute Gasteiger partial charge is 0.460 e. The monoisotopic (exact) mass is 221 g/mol. The second-order valence-corrected chi connectivity index (χ2v) is 4.10. The van der Waals surface area contributed by atoms with Gasteiger partial charge >= 0.3 is 5.97 Å². The normalized spacial score (nSPS) is 12.5. The standard InChI is InChI=1S/C13H19NO2/c1-10(2)12(14-3)13(15)16-9-11-7-5-4-6-8-11/h4-8,10,12,14H,9H2,1-3H3. The molecule has 1 aromatic carbocycles. The van der Waals surface area contributed by atoms with Gasteiger partial charge in [-0.15, -0.1) is 0 Å². The fourth-order valence-corrected chi connectivity index (χ4v) is 1.54. The summed E-state index contributed by atoms with van der Waals surface area (Å²) >= 11 is 0. The van der Waals surface area contributed by atoms with Gasteiger partial charge < -0.3 is 10.1 Å². The van der Waals surface area contributed by atoms with E-state index in [0.29, 0.717) is 6.61 Å². The zero-order valence-electron chi connectivity index (χ0n) is 10.1. The van der Waals surface area contributed by atoms with Gasteiger partial charge in [0.25, 0.3) is 0 Å². The summed E-state index contributed by atoms with van der Waals surface area (Å²) < 4.78 is 5.24. The highest BCUT2D eigenvalue weighted by atomic mass is 16.5. The smallest absolute Gasteiger partial charge is 0.323 e. The van der Waals surface area contributed by atoms with Crippen LogP contribution in [0.15, 0.2) is 30.3 Å². The summed E-state index contributed by atoms with van der Waals surface area (Å²) in [7, 11) is 1.77. The van der Waals surface area contributed by atoms with E-state index in [0.717, 1.165) is 5.56 Å². The molecule has 0 spiro atoms. The highest BCUT2D eigenvalue weighted by Crippen LogP contribution is 2.06. The number of carbonyl (C=O) groups excluding carboxylic acids is 1. The van der Waals surface area contributed by atoms with Gasteiger partial charge in [0, 0.05) is 0 Å². The fraction of sp³-hybridized carbons (Fsp3) is 0.462. The molecule has 0 saturated heterocycles.